The van der Waals surface area contributed by atoms with Gasteiger partial charge in [0.15, 0.2) is 11.5 Å². The first-order valence-electron chi connectivity index (χ1n) is 6.08. The van der Waals surface area contributed by atoms with Gasteiger partial charge in [-0.25, -0.2) is 0 Å². The number of fused-ring (bicyclic) bond motifs is 3. The van der Waals surface area contributed by atoms with E-state index >= 15 is 0 Å². The highest BCUT2D eigenvalue weighted by molar-refractivity contribution is 6.10. The van der Waals surface area contributed by atoms with Gasteiger partial charge in [0, 0.05) is 16.3 Å². The van der Waals surface area contributed by atoms with Crippen LogP contribution in [0, 0.1) is 6.92 Å². The summed E-state index contributed by atoms with van der Waals surface area (Å²) in [5.74, 6) is 0.764. The summed E-state index contributed by atoms with van der Waals surface area (Å²) in [5, 5.41) is 12.3. The Morgan fingerprint density at radius 1 is 1.22 bits per heavy atom. The molecule has 2 aromatic carbocycles. The Kier molecular flexibility index (Phi) is 2.40. The summed E-state index contributed by atoms with van der Waals surface area (Å²) in [6.07, 6.45) is 0. The fourth-order valence-corrected chi connectivity index (χ4v) is 2.36. The molecule has 1 aromatic heterocycles. The van der Waals surface area contributed by atoms with Crippen molar-refractivity contribution in [2.45, 2.75) is 13.8 Å². The van der Waals surface area contributed by atoms with Crippen molar-refractivity contribution in [2.75, 3.05) is 6.61 Å². The Labute approximate surface area is 105 Å². The molecule has 0 radical (unpaired) electrons. The van der Waals surface area contributed by atoms with Crippen LogP contribution < -0.4 is 4.74 Å². The zero-order valence-corrected chi connectivity index (χ0v) is 10.4. The number of phenols is 1. The number of aryl methyl sites for hydroxylation is 1. The molecule has 0 bridgehead atoms. The minimum absolute atomic E-state index is 0.218. The molecule has 92 valence electrons. The number of H-pyrrole nitrogens is 1. The summed E-state index contributed by atoms with van der Waals surface area (Å²) < 4.78 is 5.58. The molecule has 0 unspecified atom stereocenters. The molecule has 0 saturated heterocycles. The van der Waals surface area contributed by atoms with Gasteiger partial charge < -0.3 is 14.8 Å². The molecule has 18 heavy (non-hydrogen) atoms. The van der Waals surface area contributed by atoms with Crippen molar-refractivity contribution in [2.24, 2.45) is 0 Å². The van der Waals surface area contributed by atoms with Crippen molar-refractivity contribution in [3.63, 3.8) is 0 Å². The first kappa shape index (κ1) is 11.0. The largest absolute Gasteiger partial charge is 0.504 e. The van der Waals surface area contributed by atoms with Crippen molar-refractivity contribution < 1.29 is 9.84 Å². The third kappa shape index (κ3) is 1.44. The van der Waals surface area contributed by atoms with Gasteiger partial charge in [0.1, 0.15) is 0 Å². The van der Waals surface area contributed by atoms with Gasteiger partial charge in [-0.3, -0.25) is 0 Å². The number of aromatic amines is 1. The van der Waals surface area contributed by atoms with Crippen LogP contribution in [-0.2, 0) is 0 Å². The smallest absolute Gasteiger partial charge is 0.185 e. The van der Waals surface area contributed by atoms with Gasteiger partial charge in [0.05, 0.1) is 12.1 Å². The number of para-hydroxylation sites is 1. The van der Waals surface area contributed by atoms with E-state index in [4.69, 9.17) is 4.74 Å². The molecule has 0 fully saturated rings. The van der Waals surface area contributed by atoms with E-state index in [1.807, 2.05) is 38.1 Å². The molecular formula is C15H15NO2. The van der Waals surface area contributed by atoms with Gasteiger partial charge in [0.2, 0.25) is 0 Å². The molecule has 0 aliphatic rings. The zero-order chi connectivity index (χ0) is 12.7. The summed E-state index contributed by atoms with van der Waals surface area (Å²) in [7, 11) is 0. The van der Waals surface area contributed by atoms with E-state index in [2.05, 4.69) is 11.1 Å². The molecule has 3 rings (SSSR count). The lowest BCUT2D eigenvalue weighted by Gasteiger charge is -2.09. The number of rotatable bonds is 2. The molecule has 3 aromatic rings. The van der Waals surface area contributed by atoms with Gasteiger partial charge in [-0.15, -0.1) is 0 Å². The van der Waals surface area contributed by atoms with Crippen LogP contribution in [-0.4, -0.2) is 16.7 Å². The van der Waals surface area contributed by atoms with Crippen molar-refractivity contribution >= 4 is 21.8 Å². The fraction of sp³-hybridized carbons (Fsp3) is 0.200. The SMILES string of the molecule is CCOc1c(O)c(C)cc2c1[nH]c1ccccc12. The van der Waals surface area contributed by atoms with E-state index < -0.39 is 0 Å². The van der Waals surface area contributed by atoms with Gasteiger partial charge in [-0.05, 0) is 31.5 Å². The van der Waals surface area contributed by atoms with Gasteiger partial charge in [-0.2, -0.15) is 0 Å². The summed E-state index contributed by atoms with van der Waals surface area (Å²) >= 11 is 0. The monoisotopic (exact) mass is 241 g/mol. The Balaban J connectivity index is 2.47. The lowest BCUT2D eigenvalue weighted by molar-refractivity contribution is 0.321. The summed E-state index contributed by atoms with van der Waals surface area (Å²) in [6, 6.07) is 10.1. The number of aromatic hydroxyl groups is 1. The highest BCUT2D eigenvalue weighted by Crippen LogP contribution is 2.40. The van der Waals surface area contributed by atoms with E-state index in [1.54, 1.807) is 0 Å². The van der Waals surface area contributed by atoms with Crippen LogP contribution in [0.25, 0.3) is 21.8 Å². The number of nitrogens with one attached hydrogen (secondary N) is 1. The molecule has 3 nitrogen and oxygen atoms in total. The average Bonchev–Trinajstić information content (AvgIpc) is 2.74. The third-order valence-electron chi connectivity index (χ3n) is 3.21. The van der Waals surface area contributed by atoms with E-state index in [9.17, 15) is 5.11 Å². The van der Waals surface area contributed by atoms with Crippen LogP contribution in [0.3, 0.4) is 0 Å². The summed E-state index contributed by atoms with van der Waals surface area (Å²) in [5.41, 5.74) is 2.75. The topological polar surface area (TPSA) is 45.2 Å². The van der Waals surface area contributed by atoms with Crippen LogP contribution in [0.4, 0.5) is 0 Å². The zero-order valence-electron chi connectivity index (χ0n) is 10.4. The van der Waals surface area contributed by atoms with E-state index in [0.717, 1.165) is 27.4 Å². The highest BCUT2D eigenvalue weighted by atomic mass is 16.5. The van der Waals surface area contributed by atoms with Crippen molar-refractivity contribution in [3.8, 4) is 11.5 Å². The van der Waals surface area contributed by atoms with Crippen LogP contribution in [0.2, 0.25) is 0 Å². The second kappa shape index (κ2) is 3.95. The Bertz CT molecular complexity index is 728. The lowest BCUT2D eigenvalue weighted by atomic mass is 10.1. The third-order valence-corrected chi connectivity index (χ3v) is 3.21. The Morgan fingerprint density at radius 2 is 2.00 bits per heavy atom. The molecule has 0 amide bonds. The predicted molar refractivity (Wildman–Crippen MR) is 73.4 cm³/mol. The lowest BCUT2D eigenvalue weighted by Crippen LogP contribution is -1.94. The molecule has 2 N–H and O–H groups in total. The minimum atomic E-state index is 0.218. The normalized spacial score (nSPS) is 11.2. The molecule has 3 heteroatoms. The quantitative estimate of drug-likeness (QED) is 0.718. The fourth-order valence-electron chi connectivity index (χ4n) is 2.36. The molecule has 0 spiro atoms. The molecule has 0 aliphatic heterocycles. The van der Waals surface area contributed by atoms with E-state index in [-0.39, 0.29) is 5.75 Å². The summed E-state index contributed by atoms with van der Waals surface area (Å²) in [4.78, 5) is 3.31. The van der Waals surface area contributed by atoms with Gasteiger partial charge in [-0.1, -0.05) is 18.2 Å². The number of phenolic OH excluding ortho intramolecular Hbond substituents is 1. The van der Waals surface area contributed by atoms with E-state index in [1.165, 1.54) is 0 Å². The molecule has 1 heterocycles. The van der Waals surface area contributed by atoms with Gasteiger partial charge >= 0.3 is 0 Å². The second-order valence-corrected chi connectivity index (χ2v) is 4.40. The molecule has 0 atom stereocenters. The van der Waals surface area contributed by atoms with Crippen molar-refractivity contribution in [1.82, 2.24) is 4.98 Å². The first-order chi connectivity index (χ1) is 8.72. The van der Waals surface area contributed by atoms with Crippen LogP contribution >= 0.6 is 0 Å². The Morgan fingerprint density at radius 3 is 2.78 bits per heavy atom. The maximum absolute atomic E-state index is 10.1. The van der Waals surface area contributed by atoms with Crippen molar-refractivity contribution in [3.05, 3.63) is 35.9 Å². The predicted octanol–water partition coefficient (Wildman–Crippen LogP) is 3.73. The Hall–Kier alpha value is -2.16. The molecule has 0 aliphatic carbocycles. The van der Waals surface area contributed by atoms with Crippen LogP contribution in [0.15, 0.2) is 30.3 Å². The molecular weight excluding hydrogens is 226 g/mol. The standard InChI is InChI=1S/C15H15NO2/c1-3-18-15-13-11(8-9(2)14(15)17)10-6-4-5-7-12(10)16-13/h4-8,16-17H,3H2,1-2H3. The maximum atomic E-state index is 10.1. The summed E-state index contributed by atoms with van der Waals surface area (Å²) in [6.45, 7) is 4.33. The van der Waals surface area contributed by atoms with E-state index in [0.29, 0.717) is 12.4 Å². The van der Waals surface area contributed by atoms with Crippen molar-refractivity contribution in [1.29, 1.82) is 0 Å². The number of benzene rings is 2. The van der Waals surface area contributed by atoms with Crippen LogP contribution in [0.1, 0.15) is 12.5 Å². The molecule has 0 saturated carbocycles. The highest BCUT2D eigenvalue weighted by Gasteiger charge is 2.15. The second-order valence-electron chi connectivity index (χ2n) is 4.40. The maximum Gasteiger partial charge on any atom is 0.185 e. The number of hydrogen-bond acceptors (Lipinski definition) is 2. The first-order valence-corrected chi connectivity index (χ1v) is 6.08. The number of hydrogen-bond donors (Lipinski definition) is 2. The minimum Gasteiger partial charge on any atom is -0.504 e. The van der Waals surface area contributed by atoms with Gasteiger partial charge in [0.25, 0.3) is 0 Å². The number of ether oxygens (including phenoxy) is 1. The number of aromatic nitrogens is 1. The van der Waals surface area contributed by atoms with Crippen LogP contribution in [0.5, 0.6) is 11.5 Å². The average molecular weight is 241 g/mol.